The van der Waals surface area contributed by atoms with Crippen molar-refractivity contribution in [1.29, 1.82) is 0 Å². The SMILES string of the molecule is Cc1ccc(CCNC(=O)/C(Cl)=C(/Cl)C(=O)O)cc1. The summed E-state index contributed by atoms with van der Waals surface area (Å²) in [6.45, 7) is 2.34. The summed E-state index contributed by atoms with van der Waals surface area (Å²) in [7, 11) is 0. The predicted octanol–water partition coefficient (Wildman–Crippen LogP) is 2.43. The average molecular weight is 302 g/mol. The standard InChI is InChI=1S/C13H13Cl2NO3/c1-8-2-4-9(5-3-8)6-7-16-12(17)10(14)11(15)13(18)19/h2-5H,6-7H2,1H3,(H,16,17)(H,18,19)/b11-10-. The summed E-state index contributed by atoms with van der Waals surface area (Å²) in [5, 5.41) is 9.88. The maximum absolute atomic E-state index is 11.5. The van der Waals surface area contributed by atoms with E-state index >= 15 is 0 Å². The second-order valence-corrected chi connectivity index (χ2v) is 4.68. The van der Waals surface area contributed by atoms with Gasteiger partial charge < -0.3 is 10.4 Å². The van der Waals surface area contributed by atoms with E-state index in [4.69, 9.17) is 28.3 Å². The van der Waals surface area contributed by atoms with Crippen LogP contribution in [0.25, 0.3) is 0 Å². The van der Waals surface area contributed by atoms with Crippen LogP contribution in [-0.2, 0) is 16.0 Å². The van der Waals surface area contributed by atoms with E-state index in [1.165, 1.54) is 0 Å². The van der Waals surface area contributed by atoms with Gasteiger partial charge in [0.25, 0.3) is 5.91 Å². The van der Waals surface area contributed by atoms with Crippen molar-refractivity contribution in [3.05, 3.63) is 45.5 Å². The molecule has 0 fully saturated rings. The van der Waals surface area contributed by atoms with Gasteiger partial charge in [0, 0.05) is 6.54 Å². The van der Waals surface area contributed by atoms with Crippen molar-refractivity contribution in [3.8, 4) is 0 Å². The van der Waals surface area contributed by atoms with E-state index < -0.39 is 21.9 Å². The zero-order chi connectivity index (χ0) is 14.4. The van der Waals surface area contributed by atoms with E-state index in [-0.39, 0.29) is 0 Å². The molecule has 19 heavy (non-hydrogen) atoms. The minimum Gasteiger partial charge on any atom is -0.477 e. The van der Waals surface area contributed by atoms with Gasteiger partial charge >= 0.3 is 5.97 Å². The zero-order valence-electron chi connectivity index (χ0n) is 10.2. The van der Waals surface area contributed by atoms with Gasteiger partial charge in [0.1, 0.15) is 10.1 Å². The number of amides is 1. The third kappa shape index (κ3) is 4.93. The number of benzene rings is 1. The van der Waals surface area contributed by atoms with E-state index in [2.05, 4.69) is 5.32 Å². The summed E-state index contributed by atoms with van der Waals surface area (Å²) in [6, 6.07) is 7.88. The number of carboxylic acid groups (broad SMARTS) is 1. The number of carboxylic acids is 1. The van der Waals surface area contributed by atoms with Crippen molar-refractivity contribution in [2.24, 2.45) is 0 Å². The number of hydrogen-bond acceptors (Lipinski definition) is 2. The molecular formula is C13H13Cl2NO3. The molecule has 0 saturated heterocycles. The Hall–Kier alpha value is -1.52. The smallest absolute Gasteiger partial charge is 0.349 e. The molecule has 1 amide bonds. The van der Waals surface area contributed by atoms with Crippen LogP contribution in [0.5, 0.6) is 0 Å². The van der Waals surface area contributed by atoms with Gasteiger partial charge in [-0.15, -0.1) is 0 Å². The van der Waals surface area contributed by atoms with Gasteiger partial charge in [0.2, 0.25) is 0 Å². The Balaban J connectivity index is 2.49. The highest BCUT2D eigenvalue weighted by molar-refractivity contribution is 6.53. The number of aryl methyl sites for hydroxylation is 1. The number of hydrogen-bond donors (Lipinski definition) is 2. The molecule has 0 heterocycles. The van der Waals surface area contributed by atoms with Crippen molar-refractivity contribution < 1.29 is 14.7 Å². The lowest BCUT2D eigenvalue weighted by atomic mass is 10.1. The summed E-state index contributed by atoms with van der Waals surface area (Å²) in [5.41, 5.74) is 2.22. The molecule has 0 atom stereocenters. The predicted molar refractivity (Wildman–Crippen MR) is 74.3 cm³/mol. The average Bonchev–Trinajstić information content (AvgIpc) is 2.39. The molecule has 0 spiro atoms. The Morgan fingerprint density at radius 3 is 2.26 bits per heavy atom. The van der Waals surface area contributed by atoms with E-state index in [9.17, 15) is 9.59 Å². The highest BCUT2D eigenvalue weighted by atomic mass is 35.5. The molecule has 0 saturated carbocycles. The van der Waals surface area contributed by atoms with Crippen molar-refractivity contribution in [2.75, 3.05) is 6.54 Å². The van der Waals surface area contributed by atoms with Crippen LogP contribution < -0.4 is 5.32 Å². The fourth-order valence-electron chi connectivity index (χ4n) is 1.35. The number of carbonyl (C=O) groups excluding carboxylic acids is 1. The van der Waals surface area contributed by atoms with Gasteiger partial charge in [-0.1, -0.05) is 53.0 Å². The molecule has 0 aliphatic heterocycles. The minimum atomic E-state index is -1.43. The topological polar surface area (TPSA) is 66.4 Å². The van der Waals surface area contributed by atoms with Crippen molar-refractivity contribution in [3.63, 3.8) is 0 Å². The maximum Gasteiger partial charge on any atom is 0.349 e. The van der Waals surface area contributed by atoms with Crippen LogP contribution in [0.3, 0.4) is 0 Å². The molecule has 0 bridgehead atoms. The molecule has 0 aromatic heterocycles. The lowest BCUT2D eigenvalue weighted by molar-refractivity contribution is -0.132. The largest absolute Gasteiger partial charge is 0.477 e. The molecule has 6 heteroatoms. The molecule has 0 radical (unpaired) electrons. The van der Waals surface area contributed by atoms with E-state index in [1.54, 1.807) is 0 Å². The van der Waals surface area contributed by atoms with Crippen LogP contribution in [-0.4, -0.2) is 23.5 Å². The number of rotatable bonds is 5. The van der Waals surface area contributed by atoms with Gasteiger partial charge in [-0.25, -0.2) is 4.79 Å². The van der Waals surface area contributed by atoms with E-state index in [0.717, 1.165) is 11.1 Å². The summed E-state index contributed by atoms with van der Waals surface area (Å²) in [6.07, 6.45) is 0.626. The van der Waals surface area contributed by atoms with Gasteiger partial charge in [-0.2, -0.15) is 0 Å². The Morgan fingerprint density at radius 2 is 1.74 bits per heavy atom. The normalized spacial score (nSPS) is 11.7. The van der Waals surface area contributed by atoms with Gasteiger partial charge in [-0.05, 0) is 18.9 Å². The molecule has 2 N–H and O–H groups in total. The van der Waals surface area contributed by atoms with Gasteiger partial charge in [-0.3, -0.25) is 4.79 Å². The second kappa shape index (κ2) is 7.16. The molecule has 4 nitrogen and oxygen atoms in total. The zero-order valence-corrected chi connectivity index (χ0v) is 11.8. The van der Waals surface area contributed by atoms with E-state index in [1.807, 2.05) is 31.2 Å². The van der Waals surface area contributed by atoms with Crippen molar-refractivity contribution >= 4 is 35.1 Å². The van der Waals surface area contributed by atoms with E-state index in [0.29, 0.717) is 13.0 Å². The molecule has 0 unspecified atom stereocenters. The molecule has 1 rings (SSSR count). The first kappa shape index (κ1) is 15.5. The first-order valence-electron chi connectivity index (χ1n) is 5.54. The highest BCUT2D eigenvalue weighted by Gasteiger charge is 2.16. The number of carbonyl (C=O) groups is 2. The summed E-state index contributed by atoms with van der Waals surface area (Å²) in [4.78, 5) is 22.0. The Kier molecular flexibility index (Phi) is 5.86. The molecule has 1 aromatic rings. The highest BCUT2D eigenvalue weighted by Crippen LogP contribution is 2.14. The molecule has 1 aromatic carbocycles. The third-order valence-electron chi connectivity index (χ3n) is 2.40. The Morgan fingerprint density at radius 1 is 1.16 bits per heavy atom. The van der Waals surface area contributed by atoms with Crippen LogP contribution in [0, 0.1) is 6.92 Å². The molecule has 0 aliphatic carbocycles. The maximum atomic E-state index is 11.5. The van der Waals surface area contributed by atoms with Crippen LogP contribution in [0.15, 0.2) is 34.3 Å². The van der Waals surface area contributed by atoms with Gasteiger partial charge in [0.05, 0.1) is 0 Å². The first-order valence-corrected chi connectivity index (χ1v) is 6.29. The quantitative estimate of drug-likeness (QED) is 0.821. The fourth-order valence-corrected chi connectivity index (χ4v) is 1.58. The second-order valence-electron chi connectivity index (χ2n) is 3.92. The van der Waals surface area contributed by atoms with Crippen LogP contribution in [0.1, 0.15) is 11.1 Å². The van der Waals surface area contributed by atoms with Crippen LogP contribution >= 0.6 is 23.2 Å². The molecule has 102 valence electrons. The van der Waals surface area contributed by atoms with Gasteiger partial charge in [0.15, 0.2) is 0 Å². The lowest BCUT2D eigenvalue weighted by Crippen LogP contribution is -2.26. The number of nitrogens with one attached hydrogen (secondary N) is 1. The third-order valence-corrected chi connectivity index (χ3v) is 3.21. The molecular weight excluding hydrogens is 289 g/mol. The summed E-state index contributed by atoms with van der Waals surface area (Å²) in [5.74, 6) is -2.12. The fraction of sp³-hybridized carbons (Fsp3) is 0.231. The van der Waals surface area contributed by atoms with Crippen molar-refractivity contribution in [2.45, 2.75) is 13.3 Å². The van der Waals surface area contributed by atoms with Crippen LogP contribution in [0.2, 0.25) is 0 Å². The van der Waals surface area contributed by atoms with Crippen LogP contribution in [0.4, 0.5) is 0 Å². The lowest BCUT2D eigenvalue weighted by Gasteiger charge is -2.05. The first-order chi connectivity index (χ1) is 8.91. The summed E-state index contributed by atoms with van der Waals surface area (Å²) >= 11 is 10.9. The summed E-state index contributed by atoms with van der Waals surface area (Å²) < 4.78 is 0. The molecule has 0 aliphatic rings. The Bertz CT molecular complexity index is 509. The van der Waals surface area contributed by atoms with Crippen molar-refractivity contribution in [1.82, 2.24) is 5.32 Å². The minimum absolute atomic E-state index is 0.349. The number of aliphatic carboxylic acids is 1. The number of halogens is 2. The monoisotopic (exact) mass is 301 g/mol. The Labute approximate surface area is 121 Å².